The molecule has 1 N–H and O–H groups in total. The lowest BCUT2D eigenvalue weighted by Gasteiger charge is -2.22. The van der Waals surface area contributed by atoms with Gasteiger partial charge in [0.1, 0.15) is 12.3 Å². The number of likely N-dealkylation sites (N-methyl/N-ethyl adjacent to an activating group) is 1. The average Bonchev–Trinajstić information content (AvgIpc) is 2.60. The Morgan fingerprint density at radius 3 is 2.56 bits per heavy atom. The molecule has 0 heterocycles. The van der Waals surface area contributed by atoms with E-state index in [0.29, 0.717) is 10.6 Å². The lowest BCUT2D eigenvalue weighted by atomic mass is 9.87. The number of phenolic OH excluding ortho intramolecular Hbond substituents is 1. The van der Waals surface area contributed by atoms with Crippen LogP contribution in [0.2, 0.25) is 5.02 Å². The molecule has 2 aromatic rings. The molecule has 1 unspecified atom stereocenters. The van der Waals surface area contributed by atoms with E-state index >= 15 is 0 Å². The molecule has 132 valence electrons. The van der Waals surface area contributed by atoms with Gasteiger partial charge < -0.3 is 14.7 Å². The maximum atomic E-state index is 12.6. The van der Waals surface area contributed by atoms with E-state index in [1.807, 2.05) is 6.07 Å². The third-order valence-electron chi connectivity index (χ3n) is 3.96. The molecule has 0 spiro atoms. The van der Waals surface area contributed by atoms with Crippen LogP contribution in [0.5, 0.6) is 5.75 Å². The Labute approximate surface area is 151 Å². The van der Waals surface area contributed by atoms with Crippen molar-refractivity contribution in [2.24, 2.45) is 0 Å². The minimum absolute atomic E-state index is 0.0887. The van der Waals surface area contributed by atoms with Gasteiger partial charge in [0.25, 0.3) is 0 Å². The highest BCUT2D eigenvalue weighted by molar-refractivity contribution is 6.30. The number of esters is 1. The van der Waals surface area contributed by atoms with Gasteiger partial charge >= 0.3 is 5.97 Å². The van der Waals surface area contributed by atoms with Crippen LogP contribution in [0.4, 0.5) is 0 Å². The minimum Gasteiger partial charge on any atom is -0.508 e. The van der Waals surface area contributed by atoms with E-state index in [9.17, 15) is 14.7 Å². The summed E-state index contributed by atoms with van der Waals surface area (Å²) in [5, 5.41) is 10.8. The van der Waals surface area contributed by atoms with Crippen LogP contribution in [-0.4, -0.2) is 42.6 Å². The smallest absolute Gasteiger partial charge is 0.325 e. The van der Waals surface area contributed by atoms with E-state index in [4.69, 9.17) is 11.6 Å². The minimum atomic E-state index is -0.488. The SMILES string of the molecule is COC(=O)CN(C)C(=O)CC(c1cccc(Cl)c1)c1ccccc1O. The van der Waals surface area contributed by atoms with Crippen molar-refractivity contribution < 1.29 is 19.4 Å². The van der Waals surface area contributed by atoms with Crippen molar-refractivity contribution >= 4 is 23.5 Å². The van der Waals surface area contributed by atoms with E-state index in [0.717, 1.165) is 5.56 Å². The fourth-order valence-corrected chi connectivity index (χ4v) is 2.79. The molecule has 1 amide bonds. The summed E-state index contributed by atoms with van der Waals surface area (Å²) in [7, 11) is 2.82. The normalized spacial score (nSPS) is 11.6. The zero-order chi connectivity index (χ0) is 18.4. The number of para-hydroxylation sites is 1. The van der Waals surface area contributed by atoms with Crippen LogP contribution in [0.15, 0.2) is 48.5 Å². The van der Waals surface area contributed by atoms with Crippen molar-refractivity contribution in [1.82, 2.24) is 4.90 Å². The number of amides is 1. The monoisotopic (exact) mass is 361 g/mol. The largest absolute Gasteiger partial charge is 0.508 e. The summed E-state index contributed by atoms with van der Waals surface area (Å²) in [5.74, 6) is -1.00. The highest BCUT2D eigenvalue weighted by atomic mass is 35.5. The van der Waals surface area contributed by atoms with Crippen LogP contribution >= 0.6 is 11.6 Å². The highest BCUT2D eigenvalue weighted by Crippen LogP contribution is 2.35. The molecule has 0 aliphatic rings. The first-order valence-electron chi connectivity index (χ1n) is 7.76. The Bertz CT molecular complexity index is 763. The Morgan fingerprint density at radius 1 is 1.20 bits per heavy atom. The number of hydrogen-bond acceptors (Lipinski definition) is 4. The molecule has 0 aromatic heterocycles. The summed E-state index contributed by atoms with van der Waals surface area (Å²) in [6.07, 6.45) is 0.0887. The number of phenols is 1. The Balaban J connectivity index is 2.31. The van der Waals surface area contributed by atoms with Crippen molar-refractivity contribution in [1.29, 1.82) is 0 Å². The predicted molar refractivity (Wildman–Crippen MR) is 95.7 cm³/mol. The van der Waals surface area contributed by atoms with Crippen LogP contribution < -0.4 is 0 Å². The summed E-state index contributed by atoms with van der Waals surface area (Å²) < 4.78 is 4.59. The quantitative estimate of drug-likeness (QED) is 0.802. The van der Waals surface area contributed by atoms with Gasteiger partial charge in [-0.3, -0.25) is 9.59 Å². The maximum absolute atomic E-state index is 12.6. The number of aromatic hydroxyl groups is 1. The third kappa shape index (κ3) is 4.97. The number of halogens is 1. The fourth-order valence-electron chi connectivity index (χ4n) is 2.59. The average molecular weight is 362 g/mol. The lowest BCUT2D eigenvalue weighted by Crippen LogP contribution is -2.33. The summed E-state index contributed by atoms with van der Waals surface area (Å²) in [5.41, 5.74) is 1.44. The summed E-state index contributed by atoms with van der Waals surface area (Å²) in [4.78, 5) is 25.2. The standard InChI is InChI=1S/C19H20ClNO4/c1-21(12-19(24)25-2)18(23)11-16(13-6-5-7-14(20)10-13)15-8-3-4-9-17(15)22/h3-10,16,22H,11-12H2,1-2H3. The van der Waals surface area contributed by atoms with Gasteiger partial charge in [-0.15, -0.1) is 0 Å². The van der Waals surface area contributed by atoms with Crippen LogP contribution in [0, 0.1) is 0 Å². The van der Waals surface area contributed by atoms with Gasteiger partial charge in [-0.1, -0.05) is 41.9 Å². The van der Waals surface area contributed by atoms with Gasteiger partial charge in [0, 0.05) is 30.0 Å². The second-order valence-corrected chi connectivity index (χ2v) is 6.13. The van der Waals surface area contributed by atoms with E-state index < -0.39 is 5.97 Å². The van der Waals surface area contributed by atoms with Gasteiger partial charge in [0.15, 0.2) is 0 Å². The number of rotatable bonds is 6. The molecule has 25 heavy (non-hydrogen) atoms. The number of hydrogen-bond donors (Lipinski definition) is 1. The van der Waals surface area contributed by atoms with Crippen molar-refractivity contribution in [3.8, 4) is 5.75 Å². The second kappa shape index (κ2) is 8.53. The molecule has 1 atom stereocenters. The van der Waals surface area contributed by atoms with Crippen molar-refractivity contribution in [3.05, 3.63) is 64.7 Å². The molecule has 0 saturated carbocycles. The predicted octanol–water partition coefficient (Wildman–Crippen LogP) is 3.20. The molecule has 2 aromatic carbocycles. The highest BCUT2D eigenvalue weighted by Gasteiger charge is 2.24. The number of carbonyl (C=O) groups excluding carboxylic acids is 2. The van der Waals surface area contributed by atoms with E-state index in [2.05, 4.69) is 4.74 Å². The molecule has 0 aliphatic heterocycles. The van der Waals surface area contributed by atoms with Crippen LogP contribution in [0.3, 0.4) is 0 Å². The second-order valence-electron chi connectivity index (χ2n) is 5.70. The van der Waals surface area contributed by atoms with Gasteiger partial charge in [0.2, 0.25) is 5.91 Å². The molecule has 0 fully saturated rings. The first-order chi connectivity index (χ1) is 11.9. The van der Waals surface area contributed by atoms with Crippen LogP contribution in [0.25, 0.3) is 0 Å². The fraction of sp³-hybridized carbons (Fsp3) is 0.263. The topological polar surface area (TPSA) is 66.8 Å². The third-order valence-corrected chi connectivity index (χ3v) is 4.20. The van der Waals surface area contributed by atoms with E-state index in [1.54, 1.807) is 49.5 Å². The first-order valence-corrected chi connectivity index (χ1v) is 8.14. The van der Waals surface area contributed by atoms with Crippen LogP contribution in [0.1, 0.15) is 23.5 Å². The Morgan fingerprint density at radius 2 is 1.92 bits per heavy atom. The van der Waals surface area contributed by atoms with E-state index in [-0.39, 0.29) is 30.5 Å². The van der Waals surface area contributed by atoms with Gasteiger partial charge in [-0.05, 0) is 23.8 Å². The van der Waals surface area contributed by atoms with Gasteiger partial charge in [-0.25, -0.2) is 0 Å². The van der Waals surface area contributed by atoms with E-state index in [1.165, 1.54) is 12.0 Å². The number of methoxy groups -OCH3 is 1. The molecule has 0 bridgehead atoms. The summed E-state index contributed by atoms with van der Waals surface area (Å²) in [6, 6.07) is 14.0. The molecule has 5 nitrogen and oxygen atoms in total. The molecule has 0 saturated heterocycles. The van der Waals surface area contributed by atoms with Gasteiger partial charge in [0.05, 0.1) is 7.11 Å². The van der Waals surface area contributed by atoms with Crippen LogP contribution in [-0.2, 0) is 14.3 Å². The lowest BCUT2D eigenvalue weighted by molar-refractivity contribution is -0.146. The molecule has 0 radical (unpaired) electrons. The molecule has 2 rings (SSSR count). The van der Waals surface area contributed by atoms with Crippen molar-refractivity contribution in [3.63, 3.8) is 0 Å². The first kappa shape index (κ1) is 18.8. The zero-order valence-corrected chi connectivity index (χ0v) is 14.9. The number of ether oxygens (including phenoxy) is 1. The Hall–Kier alpha value is -2.53. The molecular weight excluding hydrogens is 342 g/mol. The van der Waals surface area contributed by atoms with Crippen molar-refractivity contribution in [2.45, 2.75) is 12.3 Å². The molecule has 0 aliphatic carbocycles. The molecular formula is C19H20ClNO4. The summed E-state index contributed by atoms with van der Waals surface area (Å²) in [6.45, 7) is -0.127. The summed E-state index contributed by atoms with van der Waals surface area (Å²) >= 11 is 6.08. The number of benzene rings is 2. The molecule has 6 heteroatoms. The number of carbonyl (C=O) groups is 2. The van der Waals surface area contributed by atoms with Crippen molar-refractivity contribution in [2.75, 3.05) is 20.7 Å². The Kier molecular flexibility index (Phi) is 6.42. The number of nitrogens with zero attached hydrogens (tertiary/aromatic N) is 1. The maximum Gasteiger partial charge on any atom is 0.325 e. The van der Waals surface area contributed by atoms with Gasteiger partial charge in [-0.2, -0.15) is 0 Å². The zero-order valence-electron chi connectivity index (χ0n) is 14.1.